The standard InChI is InChI=1S/C31H41N6O4P/c38-29(25-5-1-17-32-25)35-21-9-13-23(14-10-21)42(41,28-8-4-20-37(28)31(40)27-7-3-19-34-27)24-15-11-22(12-16-24)36-30(39)26-6-2-18-33-26/h9-16,25-28,32-34H,1-8,17-20H2,(H,35,38)(H,36,39)/t25-,26-,27-,28?/m0/s1. The molecule has 3 amide bonds. The Hall–Kier alpha value is -3.04. The molecule has 2 aromatic carbocycles. The van der Waals surface area contributed by atoms with Crippen LogP contribution >= 0.6 is 7.14 Å². The van der Waals surface area contributed by atoms with Crippen molar-refractivity contribution in [3.8, 4) is 0 Å². The van der Waals surface area contributed by atoms with Crippen LogP contribution in [0.4, 0.5) is 11.4 Å². The number of carbonyl (C=O) groups excluding carboxylic acids is 3. The summed E-state index contributed by atoms with van der Waals surface area (Å²) < 4.78 is 15.4. The summed E-state index contributed by atoms with van der Waals surface area (Å²) in [7, 11) is -3.34. The zero-order valence-corrected chi connectivity index (χ0v) is 24.8. The number of likely N-dealkylation sites (tertiary alicyclic amines) is 1. The number of rotatable bonds is 8. The molecule has 11 heteroatoms. The van der Waals surface area contributed by atoms with Crippen LogP contribution in [-0.4, -0.2) is 72.7 Å². The van der Waals surface area contributed by atoms with Crippen molar-refractivity contribution in [3.63, 3.8) is 0 Å². The number of hydrogen-bond donors (Lipinski definition) is 5. The Labute approximate surface area is 247 Å². The highest BCUT2D eigenvalue weighted by atomic mass is 31.2. The smallest absolute Gasteiger partial charge is 0.241 e. The number of nitrogens with zero attached hydrogens (tertiary/aromatic N) is 1. The molecule has 42 heavy (non-hydrogen) atoms. The number of nitrogens with one attached hydrogen (secondary N) is 5. The SMILES string of the molecule is O=C(Nc1ccc(P(=O)(c2ccc(NC(=O)[C@@H]3CCCN3)cc2)C2CCCN2C(=O)[C@@H]2CCCN2)cc1)[C@@H]1CCCN1. The predicted molar refractivity (Wildman–Crippen MR) is 165 cm³/mol. The zero-order chi connectivity index (χ0) is 29.1. The fraction of sp³-hybridized carbons (Fsp3) is 0.516. The van der Waals surface area contributed by atoms with Gasteiger partial charge in [0.25, 0.3) is 0 Å². The van der Waals surface area contributed by atoms with Crippen LogP contribution in [0.25, 0.3) is 0 Å². The van der Waals surface area contributed by atoms with Gasteiger partial charge < -0.3 is 36.0 Å². The molecule has 4 heterocycles. The van der Waals surface area contributed by atoms with E-state index in [-0.39, 0.29) is 35.8 Å². The topological polar surface area (TPSA) is 132 Å². The molecule has 224 valence electrons. The van der Waals surface area contributed by atoms with Crippen molar-refractivity contribution in [3.05, 3.63) is 48.5 Å². The summed E-state index contributed by atoms with van der Waals surface area (Å²) in [6.07, 6.45) is 6.77. The van der Waals surface area contributed by atoms with Gasteiger partial charge in [0.05, 0.1) is 23.9 Å². The molecule has 0 bridgehead atoms. The van der Waals surface area contributed by atoms with Crippen LogP contribution in [-0.2, 0) is 18.9 Å². The summed E-state index contributed by atoms with van der Waals surface area (Å²) in [4.78, 5) is 40.7. The zero-order valence-electron chi connectivity index (χ0n) is 23.9. The number of anilines is 2. The van der Waals surface area contributed by atoms with E-state index in [0.29, 0.717) is 34.9 Å². The molecule has 0 aliphatic carbocycles. The molecule has 4 aliphatic rings. The molecule has 0 spiro atoms. The van der Waals surface area contributed by atoms with Crippen LogP contribution in [0.5, 0.6) is 0 Å². The first-order valence-corrected chi connectivity index (χ1v) is 17.1. The lowest BCUT2D eigenvalue weighted by atomic mass is 10.2. The monoisotopic (exact) mass is 592 g/mol. The van der Waals surface area contributed by atoms with Gasteiger partial charge in [-0.05, 0) is 120 Å². The van der Waals surface area contributed by atoms with Crippen LogP contribution in [0.1, 0.15) is 51.4 Å². The lowest BCUT2D eigenvalue weighted by Crippen LogP contribution is -2.47. The molecule has 0 radical (unpaired) electrons. The summed E-state index contributed by atoms with van der Waals surface area (Å²) in [6.45, 7) is 3.08. The third-order valence-corrected chi connectivity index (χ3v) is 12.6. The highest BCUT2D eigenvalue weighted by Crippen LogP contribution is 2.54. The van der Waals surface area contributed by atoms with Gasteiger partial charge in [0.15, 0.2) is 7.14 Å². The molecular formula is C31H41N6O4P. The average Bonchev–Trinajstić information content (AvgIpc) is 3.85. The van der Waals surface area contributed by atoms with Crippen molar-refractivity contribution >= 4 is 46.8 Å². The average molecular weight is 593 g/mol. The van der Waals surface area contributed by atoms with Crippen molar-refractivity contribution in [2.75, 3.05) is 36.8 Å². The van der Waals surface area contributed by atoms with E-state index < -0.39 is 12.9 Å². The Balaban J connectivity index is 1.28. The van der Waals surface area contributed by atoms with Gasteiger partial charge in [-0.15, -0.1) is 0 Å². The Morgan fingerprint density at radius 2 is 1.10 bits per heavy atom. The van der Waals surface area contributed by atoms with E-state index in [1.54, 1.807) is 24.3 Å². The van der Waals surface area contributed by atoms with Crippen LogP contribution in [0.3, 0.4) is 0 Å². The van der Waals surface area contributed by atoms with E-state index in [0.717, 1.165) is 64.6 Å². The van der Waals surface area contributed by atoms with Crippen molar-refractivity contribution in [2.45, 2.75) is 75.3 Å². The number of amides is 3. The third kappa shape index (κ3) is 5.91. The quantitative estimate of drug-likeness (QED) is 0.297. The van der Waals surface area contributed by atoms with Gasteiger partial charge in [-0.2, -0.15) is 0 Å². The minimum Gasteiger partial charge on any atom is -0.331 e. The molecule has 4 atom stereocenters. The lowest BCUT2D eigenvalue weighted by Gasteiger charge is -2.34. The second-order valence-electron chi connectivity index (χ2n) is 11.8. The molecule has 4 aliphatic heterocycles. The molecule has 6 rings (SSSR count). The first-order chi connectivity index (χ1) is 20.4. The van der Waals surface area contributed by atoms with Crippen molar-refractivity contribution in [2.24, 2.45) is 0 Å². The number of benzene rings is 2. The Morgan fingerprint density at radius 1 is 0.643 bits per heavy atom. The Kier molecular flexibility index (Phi) is 8.77. The normalized spacial score (nSPS) is 26.0. The minimum atomic E-state index is -3.34. The highest BCUT2D eigenvalue weighted by molar-refractivity contribution is 7.79. The summed E-state index contributed by atoms with van der Waals surface area (Å²) in [6, 6.07) is 13.9. The molecular weight excluding hydrogens is 551 g/mol. The van der Waals surface area contributed by atoms with Gasteiger partial charge in [0.1, 0.15) is 0 Å². The second-order valence-corrected chi connectivity index (χ2v) is 14.8. The molecule has 2 aromatic rings. The second kappa shape index (κ2) is 12.7. The molecule has 4 saturated heterocycles. The number of carbonyl (C=O) groups is 3. The van der Waals surface area contributed by atoms with E-state index in [1.807, 2.05) is 29.2 Å². The van der Waals surface area contributed by atoms with Gasteiger partial charge in [0, 0.05) is 28.5 Å². The molecule has 0 aromatic heterocycles. The van der Waals surface area contributed by atoms with Crippen molar-refractivity contribution in [1.29, 1.82) is 0 Å². The van der Waals surface area contributed by atoms with Gasteiger partial charge in [-0.25, -0.2) is 0 Å². The molecule has 5 N–H and O–H groups in total. The maximum absolute atomic E-state index is 15.4. The summed E-state index contributed by atoms with van der Waals surface area (Å²) in [5, 5.41) is 17.0. The van der Waals surface area contributed by atoms with E-state index >= 15 is 4.57 Å². The maximum Gasteiger partial charge on any atom is 0.241 e. The largest absolute Gasteiger partial charge is 0.331 e. The van der Waals surface area contributed by atoms with Gasteiger partial charge in [0.2, 0.25) is 17.7 Å². The van der Waals surface area contributed by atoms with E-state index in [9.17, 15) is 14.4 Å². The van der Waals surface area contributed by atoms with Crippen LogP contribution in [0, 0.1) is 0 Å². The van der Waals surface area contributed by atoms with Gasteiger partial charge >= 0.3 is 0 Å². The fourth-order valence-corrected chi connectivity index (χ4v) is 10.1. The minimum absolute atomic E-state index is 0.0242. The Bertz CT molecular complexity index is 1250. The van der Waals surface area contributed by atoms with Crippen LogP contribution < -0.4 is 37.2 Å². The third-order valence-electron chi connectivity index (χ3n) is 9.07. The van der Waals surface area contributed by atoms with E-state index in [4.69, 9.17) is 0 Å². The van der Waals surface area contributed by atoms with Gasteiger partial charge in [-0.3, -0.25) is 14.4 Å². The summed E-state index contributed by atoms with van der Waals surface area (Å²) in [5.74, 6) is -0.564. The summed E-state index contributed by atoms with van der Waals surface area (Å²) in [5.41, 5.74) is 1.30. The van der Waals surface area contributed by atoms with Crippen molar-refractivity contribution in [1.82, 2.24) is 20.9 Å². The van der Waals surface area contributed by atoms with E-state index in [1.165, 1.54) is 0 Å². The first-order valence-electron chi connectivity index (χ1n) is 15.4. The molecule has 1 unspecified atom stereocenters. The van der Waals surface area contributed by atoms with Crippen LogP contribution in [0.15, 0.2) is 48.5 Å². The van der Waals surface area contributed by atoms with Crippen LogP contribution in [0.2, 0.25) is 0 Å². The first kappa shape index (κ1) is 29.1. The summed E-state index contributed by atoms with van der Waals surface area (Å²) >= 11 is 0. The lowest BCUT2D eigenvalue weighted by molar-refractivity contribution is -0.132. The van der Waals surface area contributed by atoms with Crippen molar-refractivity contribution < 1.29 is 18.9 Å². The fourth-order valence-electron chi connectivity index (χ4n) is 6.78. The Morgan fingerprint density at radius 3 is 1.52 bits per heavy atom. The van der Waals surface area contributed by atoms with E-state index in [2.05, 4.69) is 26.6 Å². The molecule has 10 nitrogen and oxygen atoms in total. The molecule has 4 fully saturated rings. The molecule has 0 saturated carbocycles. The predicted octanol–water partition coefficient (Wildman–Crippen LogP) is 2.08. The maximum atomic E-state index is 15.4. The highest BCUT2D eigenvalue weighted by Gasteiger charge is 2.46. The number of hydrogen-bond acceptors (Lipinski definition) is 7. The van der Waals surface area contributed by atoms with Gasteiger partial charge in [-0.1, -0.05) is 0 Å².